The summed E-state index contributed by atoms with van der Waals surface area (Å²) < 4.78 is 11.1. The third kappa shape index (κ3) is 8.15. The molecule has 4 heteroatoms. The second kappa shape index (κ2) is 12.4. The van der Waals surface area contributed by atoms with Crippen molar-refractivity contribution in [1.82, 2.24) is 10.2 Å². The lowest BCUT2D eigenvalue weighted by Gasteiger charge is -2.36. The predicted molar refractivity (Wildman–Crippen MR) is 88.8 cm³/mol. The molecule has 4 nitrogen and oxygen atoms in total. The first-order valence-corrected chi connectivity index (χ1v) is 8.93. The molecular formula is C17H36N2O2. The summed E-state index contributed by atoms with van der Waals surface area (Å²) in [6, 6.07) is 0.699. The van der Waals surface area contributed by atoms with Crippen LogP contribution in [0.25, 0.3) is 0 Å². The Morgan fingerprint density at radius 2 is 1.57 bits per heavy atom. The van der Waals surface area contributed by atoms with Crippen molar-refractivity contribution in [3.05, 3.63) is 0 Å². The van der Waals surface area contributed by atoms with Crippen molar-refractivity contribution in [2.45, 2.75) is 52.5 Å². The van der Waals surface area contributed by atoms with E-state index in [1.807, 2.05) is 0 Å². The summed E-state index contributed by atoms with van der Waals surface area (Å²) in [6.45, 7) is 13.9. The summed E-state index contributed by atoms with van der Waals surface area (Å²) in [7, 11) is 0. The largest absolute Gasteiger partial charge is 0.380 e. The number of nitrogens with zero attached hydrogens (tertiary/aromatic N) is 1. The fraction of sp³-hybridized carbons (Fsp3) is 1.00. The van der Waals surface area contributed by atoms with Crippen LogP contribution >= 0.6 is 0 Å². The zero-order chi connectivity index (χ0) is 15.3. The van der Waals surface area contributed by atoms with Crippen LogP contribution in [-0.4, -0.2) is 63.5 Å². The summed E-state index contributed by atoms with van der Waals surface area (Å²) in [5, 5.41) is 3.69. The van der Waals surface area contributed by atoms with Crippen LogP contribution in [0.15, 0.2) is 0 Å². The molecule has 0 aromatic heterocycles. The third-order valence-corrected chi connectivity index (χ3v) is 4.38. The van der Waals surface area contributed by atoms with Gasteiger partial charge in [-0.2, -0.15) is 0 Å². The van der Waals surface area contributed by atoms with Crippen molar-refractivity contribution < 1.29 is 9.47 Å². The van der Waals surface area contributed by atoms with E-state index in [1.165, 1.54) is 32.2 Å². The van der Waals surface area contributed by atoms with Gasteiger partial charge in [-0.1, -0.05) is 19.8 Å². The molecule has 0 amide bonds. The highest BCUT2D eigenvalue weighted by atomic mass is 16.5. The Morgan fingerprint density at radius 3 is 2.14 bits per heavy atom. The molecule has 0 aromatic rings. The molecule has 1 fully saturated rings. The topological polar surface area (TPSA) is 33.7 Å². The third-order valence-electron chi connectivity index (χ3n) is 4.38. The molecule has 1 N–H and O–H groups in total. The van der Waals surface area contributed by atoms with Crippen LogP contribution in [0, 0.1) is 5.92 Å². The van der Waals surface area contributed by atoms with Gasteiger partial charge in [-0.3, -0.25) is 4.90 Å². The van der Waals surface area contributed by atoms with Crippen molar-refractivity contribution in [1.29, 1.82) is 0 Å². The molecular weight excluding hydrogens is 264 g/mol. The number of ether oxygens (including phenoxy) is 2. The predicted octanol–water partition coefficient (Wildman–Crippen LogP) is 2.53. The Bertz CT molecular complexity index is 227. The zero-order valence-electron chi connectivity index (χ0n) is 14.4. The van der Waals surface area contributed by atoms with E-state index in [0.717, 1.165) is 52.0 Å². The molecule has 2 atom stereocenters. The Morgan fingerprint density at radius 1 is 0.952 bits per heavy atom. The van der Waals surface area contributed by atoms with Crippen molar-refractivity contribution in [3.63, 3.8) is 0 Å². The summed E-state index contributed by atoms with van der Waals surface area (Å²) in [5.41, 5.74) is 0. The van der Waals surface area contributed by atoms with Crippen LogP contribution in [0.2, 0.25) is 0 Å². The highest BCUT2D eigenvalue weighted by Gasteiger charge is 2.26. The molecule has 0 aliphatic heterocycles. The van der Waals surface area contributed by atoms with E-state index in [1.54, 1.807) is 0 Å². The van der Waals surface area contributed by atoms with Crippen LogP contribution in [0.1, 0.15) is 46.5 Å². The fourth-order valence-corrected chi connectivity index (χ4v) is 3.26. The quantitative estimate of drug-likeness (QED) is 0.562. The van der Waals surface area contributed by atoms with Crippen LogP contribution < -0.4 is 5.32 Å². The number of rotatable bonds is 12. The molecule has 21 heavy (non-hydrogen) atoms. The fourth-order valence-electron chi connectivity index (χ4n) is 3.26. The van der Waals surface area contributed by atoms with Gasteiger partial charge in [0.25, 0.3) is 0 Å². The van der Waals surface area contributed by atoms with Gasteiger partial charge in [0.2, 0.25) is 0 Å². The van der Waals surface area contributed by atoms with Gasteiger partial charge in [0.05, 0.1) is 13.2 Å². The monoisotopic (exact) mass is 300 g/mol. The molecule has 1 aliphatic rings. The van der Waals surface area contributed by atoms with Gasteiger partial charge >= 0.3 is 0 Å². The maximum absolute atomic E-state index is 5.54. The maximum Gasteiger partial charge on any atom is 0.0593 e. The summed E-state index contributed by atoms with van der Waals surface area (Å²) in [6.07, 6.45) is 5.46. The second-order valence-corrected chi connectivity index (χ2v) is 5.90. The lowest BCUT2D eigenvalue weighted by molar-refractivity contribution is 0.0676. The van der Waals surface area contributed by atoms with E-state index in [9.17, 15) is 0 Å². The standard InChI is InChI=1S/C17H36N2O2/c1-4-18-17-10-8-7-9-16(17)15-19(11-13-20-5-2)12-14-21-6-3/h16-18H,4-15H2,1-3H3. The zero-order valence-corrected chi connectivity index (χ0v) is 14.4. The number of hydrogen-bond acceptors (Lipinski definition) is 4. The van der Waals surface area contributed by atoms with Crippen LogP contribution in [0.3, 0.4) is 0 Å². The van der Waals surface area contributed by atoms with E-state index in [4.69, 9.17) is 9.47 Å². The van der Waals surface area contributed by atoms with Crippen molar-refractivity contribution in [3.8, 4) is 0 Å². The maximum atomic E-state index is 5.54. The highest BCUT2D eigenvalue weighted by Crippen LogP contribution is 2.25. The van der Waals surface area contributed by atoms with E-state index in [0.29, 0.717) is 6.04 Å². The average molecular weight is 300 g/mol. The second-order valence-electron chi connectivity index (χ2n) is 5.90. The summed E-state index contributed by atoms with van der Waals surface area (Å²) >= 11 is 0. The Balaban J connectivity index is 2.42. The minimum atomic E-state index is 0.699. The Hall–Kier alpha value is -0.160. The first-order chi connectivity index (χ1) is 10.3. The van der Waals surface area contributed by atoms with E-state index in [2.05, 4.69) is 31.0 Å². The van der Waals surface area contributed by atoms with E-state index >= 15 is 0 Å². The first kappa shape index (κ1) is 18.9. The average Bonchev–Trinajstić information content (AvgIpc) is 2.49. The van der Waals surface area contributed by atoms with E-state index < -0.39 is 0 Å². The minimum Gasteiger partial charge on any atom is -0.380 e. The SMILES string of the molecule is CCNC1CCCCC1CN(CCOCC)CCOCC. The van der Waals surface area contributed by atoms with Gasteiger partial charge in [0.1, 0.15) is 0 Å². The van der Waals surface area contributed by atoms with E-state index in [-0.39, 0.29) is 0 Å². The highest BCUT2D eigenvalue weighted by molar-refractivity contribution is 4.83. The van der Waals surface area contributed by atoms with Crippen molar-refractivity contribution in [2.75, 3.05) is 52.6 Å². The molecule has 0 bridgehead atoms. The molecule has 1 aliphatic carbocycles. The minimum absolute atomic E-state index is 0.699. The molecule has 0 heterocycles. The normalized spacial score (nSPS) is 22.9. The lowest BCUT2D eigenvalue weighted by Crippen LogP contribution is -2.45. The number of hydrogen-bond donors (Lipinski definition) is 1. The van der Waals surface area contributed by atoms with Gasteiger partial charge in [-0.15, -0.1) is 0 Å². The molecule has 1 rings (SSSR count). The lowest BCUT2D eigenvalue weighted by atomic mass is 9.84. The van der Waals surface area contributed by atoms with Crippen LogP contribution in [0.5, 0.6) is 0 Å². The van der Waals surface area contributed by atoms with Gasteiger partial charge in [-0.05, 0) is 39.2 Å². The Kier molecular flexibility index (Phi) is 11.1. The smallest absolute Gasteiger partial charge is 0.0593 e. The first-order valence-electron chi connectivity index (χ1n) is 8.93. The molecule has 0 saturated heterocycles. The molecule has 0 radical (unpaired) electrons. The number of nitrogens with one attached hydrogen (secondary N) is 1. The van der Waals surface area contributed by atoms with Gasteiger partial charge in [0, 0.05) is 38.9 Å². The molecule has 0 spiro atoms. The van der Waals surface area contributed by atoms with Gasteiger partial charge < -0.3 is 14.8 Å². The summed E-state index contributed by atoms with van der Waals surface area (Å²) in [4.78, 5) is 2.53. The van der Waals surface area contributed by atoms with Crippen LogP contribution in [-0.2, 0) is 9.47 Å². The summed E-state index contributed by atoms with van der Waals surface area (Å²) in [5.74, 6) is 0.780. The van der Waals surface area contributed by atoms with Crippen molar-refractivity contribution in [2.24, 2.45) is 5.92 Å². The Labute approximate surface area is 131 Å². The van der Waals surface area contributed by atoms with Gasteiger partial charge in [-0.25, -0.2) is 0 Å². The molecule has 126 valence electrons. The van der Waals surface area contributed by atoms with Gasteiger partial charge in [0.15, 0.2) is 0 Å². The van der Waals surface area contributed by atoms with Crippen molar-refractivity contribution >= 4 is 0 Å². The molecule has 1 saturated carbocycles. The molecule has 0 aromatic carbocycles. The van der Waals surface area contributed by atoms with Crippen LogP contribution in [0.4, 0.5) is 0 Å². The molecule has 2 unspecified atom stereocenters.